The summed E-state index contributed by atoms with van der Waals surface area (Å²) in [5.74, 6) is 0.432. The maximum Gasteiger partial charge on any atom is 0.417 e. The van der Waals surface area contributed by atoms with Crippen LogP contribution in [0.25, 0.3) is 11.0 Å². The van der Waals surface area contributed by atoms with Crippen molar-refractivity contribution in [2.24, 2.45) is 0 Å². The number of rotatable bonds is 1. The number of para-hydroxylation sites is 2. The number of aromatic nitrogens is 2. The SMILES string of the molecule is O=C(O)n1c(CCl)nc2ccccc21. The topological polar surface area (TPSA) is 55.1 Å². The van der Waals surface area contributed by atoms with Crippen molar-refractivity contribution in [3.8, 4) is 0 Å². The van der Waals surface area contributed by atoms with E-state index in [0.717, 1.165) is 4.57 Å². The number of nitrogens with zero attached hydrogens (tertiary/aromatic N) is 2. The Hall–Kier alpha value is -1.55. The molecule has 1 aromatic carbocycles. The predicted molar refractivity (Wildman–Crippen MR) is 52.7 cm³/mol. The molecular formula is C9H7ClN2O2. The minimum atomic E-state index is -1.06. The van der Waals surface area contributed by atoms with Crippen LogP contribution < -0.4 is 0 Å². The van der Waals surface area contributed by atoms with Gasteiger partial charge in [-0.3, -0.25) is 0 Å². The van der Waals surface area contributed by atoms with Crippen molar-refractivity contribution in [3.05, 3.63) is 30.1 Å². The number of fused-ring (bicyclic) bond motifs is 1. The van der Waals surface area contributed by atoms with Crippen molar-refractivity contribution in [2.75, 3.05) is 0 Å². The molecule has 0 aliphatic heterocycles. The second-order valence-electron chi connectivity index (χ2n) is 2.77. The Labute approximate surface area is 84.7 Å². The summed E-state index contributed by atoms with van der Waals surface area (Å²) in [4.78, 5) is 15.0. The number of benzene rings is 1. The van der Waals surface area contributed by atoms with E-state index in [0.29, 0.717) is 16.9 Å². The molecule has 2 aromatic rings. The first-order valence-corrected chi connectivity index (χ1v) is 4.53. The van der Waals surface area contributed by atoms with Crippen LogP contribution in [0.15, 0.2) is 24.3 Å². The Morgan fingerprint density at radius 1 is 1.50 bits per heavy atom. The first-order valence-electron chi connectivity index (χ1n) is 3.99. The van der Waals surface area contributed by atoms with Gasteiger partial charge in [-0.1, -0.05) is 12.1 Å². The Kier molecular flexibility index (Phi) is 2.13. The molecule has 14 heavy (non-hydrogen) atoms. The van der Waals surface area contributed by atoms with Gasteiger partial charge in [0.05, 0.1) is 16.9 Å². The molecule has 1 aromatic heterocycles. The van der Waals surface area contributed by atoms with Gasteiger partial charge >= 0.3 is 6.09 Å². The number of carbonyl (C=O) groups is 1. The molecule has 0 spiro atoms. The number of hydrogen-bond donors (Lipinski definition) is 1. The molecule has 0 unspecified atom stereocenters. The highest BCUT2D eigenvalue weighted by atomic mass is 35.5. The fourth-order valence-corrected chi connectivity index (χ4v) is 1.56. The van der Waals surface area contributed by atoms with Crippen LogP contribution in [0, 0.1) is 0 Å². The van der Waals surface area contributed by atoms with Crippen molar-refractivity contribution in [1.82, 2.24) is 9.55 Å². The highest BCUT2D eigenvalue weighted by molar-refractivity contribution is 6.17. The fraction of sp³-hybridized carbons (Fsp3) is 0.111. The van der Waals surface area contributed by atoms with E-state index in [9.17, 15) is 4.79 Å². The lowest BCUT2D eigenvalue weighted by Crippen LogP contribution is -2.10. The molecule has 1 N–H and O–H groups in total. The van der Waals surface area contributed by atoms with E-state index in [2.05, 4.69) is 4.98 Å². The third-order valence-corrected chi connectivity index (χ3v) is 2.18. The maximum atomic E-state index is 10.9. The summed E-state index contributed by atoms with van der Waals surface area (Å²) in [6, 6.07) is 7.03. The largest absolute Gasteiger partial charge is 0.464 e. The zero-order valence-electron chi connectivity index (χ0n) is 7.14. The molecule has 1 heterocycles. The molecule has 0 amide bonds. The van der Waals surface area contributed by atoms with Crippen molar-refractivity contribution in [3.63, 3.8) is 0 Å². The number of imidazole rings is 1. The molecule has 72 valence electrons. The smallest absolute Gasteiger partial charge is 0.417 e. The van der Waals surface area contributed by atoms with E-state index < -0.39 is 6.09 Å². The lowest BCUT2D eigenvalue weighted by Gasteiger charge is -1.98. The summed E-state index contributed by atoms with van der Waals surface area (Å²) >= 11 is 5.60. The highest BCUT2D eigenvalue weighted by Gasteiger charge is 2.13. The Morgan fingerprint density at radius 3 is 2.86 bits per heavy atom. The van der Waals surface area contributed by atoms with E-state index in [4.69, 9.17) is 16.7 Å². The average Bonchev–Trinajstić information content (AvgIpc) is 2.55. The van der Waals surface area contributed by atoms with E-state index in [1.54, 1.807) is 24.3 Å². The lowest BCUT2D eigenvalue weighted by molar-refractivity contribution is 0.196. The average molecular weight is 211 g/mol. The summed E-state index contributed by atoms with van der Waals surface area (Å²) in [5, 5.41) is 8.95. The number of alkyl halides is 1. The Morgan fingerprint density at radius 2 is 2.21 bits per heavy atom. The molecule has 5 heteroatoms. The molecule has 4 nitrogen and oxygen atoms in total. The number of hydrogen-bond acceptors (Lipinski definition) is 2. The third kappa shape index (κ3) is 1.24. The van der Waals surface area contributed by atoms with Crippen LogP contribution in [-0.2, 0) is 5.88 Å². The summed E-state index contributed by atoms with van der Waals surface area (Å²) in [6.07, 6.45) is -1.06. The maximum absolute atomic E-state index is 10.9. The van der Waals surface area contributed by atoms with Gasteiger partial charge in [-0.05, 0) is 12.1 Å². The minimum absolute atomic E-state index is 0.0843. The van der Waals surface area contributed by atoms with Gasteiger partial charge in [0.2, 0.25) is 0 Å². The molecule has 2 rings (SSSR count). The van der Waals surface area contributed by atoms with Gasteiger partial charge in [-0.15, -0.1) is 11.6 Å². The number of halogens is 1. The molecular weight excluding hydrogens is 204 g/mol. The summed E-state index contributed by atoms with van der Waals surface area (Å²) < 4.78 is 1.10. The molecule has 0 atom stereocenters. The zero-order valence-corrected chi connectivity index (χ0v) is 7.90. The Bertz CT molecular complexity index is 493. The second kappa shape index (κ2) is 3.31. The van der Waals surface area contributed by atoms with Crippen molar-refractivity contribution in [1.29, 1.82) is 0 Å². The lowest BCUT2D eigenvalue weighted by atomic mass is 10.3. The van der Waals surface area contributed by atoms with Crippen LogP contribution in [0.4, 0.5) is 4.79 Å². The molecule has 0 fully saturated rings. The van der Waals surface area contributed by atoms with Crippen LogP contribution in [0.1, 0.15) is 5.82 Å². The molecule has 0 aliphatic rings. The van der Waals surface area contributed by atoms with Crippen LogP contribution in [0.2, 0.25) is 0 Å². The van der Waals surface area contributed by atoms with E-state index in [1.165, 1.54) is 0 Å². The normalized spacial score (nSPS) is 10.6. The molecule has 0 saturated heterocycles. The van der Waals surface area contributed by atoms with Gasteiger partial charge in [0.15, 0.2) is 0 Å². The number of carboxylic acid groups (broad SMARTS) is 1. The first kappa shape index (κ1) is 9.02. The van der Waals surface area contributed by atoms with Gasteiger partial charge in [-0.2, -0.15) is 0 Å². The molecule has 0 radical (unpaired) electrons. The van der Waals surface area contributed by atoms with Gasteiger partial charge < -0.3 is 5.11 Å². The molecule has 0 saturated carbocycles. The van der Waals surface area contributed by atoms with E-state index >= 15 is 0 Å². The first-order chi connectivity index (χ1) is 6.74. The van der Waals surface area contributed by atoms with Crippen molar-refractivity contribution in [2.45, 2.75) is 5.88 Å². The predicted octanol–water partition coefficient (Wildman–Crippen LogP) is 2.30. The van der Waals surface area contributed by atoms with Gasteiger partial charge in [-0.25, -0.2) is 14.3 Å². The zero-order chi connectivity index (χ0) is 10.1. The van der Waals surface area contributed by atoms with Crippen LogP contribution in [0.5, 0.6) is 0 Å². The van der Waals surface area contributed by atoms with Gasteiger partial charge in [0, 0.05) is 0 Å². The van der Waals surface area contributed by atoms with Gasteiger partial charge in [0.1, 0.15) is 5.82 Å². The van der Waals surface area contributed by atoms with Crippen molar-refractivity contribution < 1.29 is 9.90 Å². The van der Waals surface area contributed by atoms with Crippen molar-refractivity contribution >= 4 is 28.7 Å². The Balaban J connectivity index is 2.81. The van der Waals surface area contributed by atoms with Gasteiger partial charge in [0.25, 0.3) is 0 Å². The summed E-state index contributed by atoms with van der Waals surface area (Å²) in [6.45, 7) is 0. The van der Waals surface area contributed by atoms with Crippen LogP contribution in [-0.4, -0.2) is 20.8 Å². The summed E-state index contributed by atoms with van der Waals surface area (Å²) in [7, 11) is 0. The third-order valence-electron chi connectivity index (χ3n) is 1.94. The standard InChI is InChI=1S/C9H7ClN2O2/c10-5-8-11-6-3-1-2-4-7(6)12(8)9(13)14/h1-4H,5H2,(H,13,14). The quantitative estimate of drug-likeness (QED) is 0.735. The summed E-state index contributed by atoms with van der Waals surface area (Å²) in [5.41, 5.74) is 1.21. The van der Waals surface area contributed by atoms with E-state index in [-0.39, 0.29) is 5.88 Å². The fourth-order valence-electron chi connectivity index (χ4n) is 1.38. The molecule has 0 bridgehead atoms. The minimum Gasteiger partial charge on any atom is -0.464 e. The molecule has 0 aliphatic carbocycles. The van der Waals surface area contributed by atoms with Crippen LogP contribution >= 0.6 is 11.6 Å². The second-order valence-corrected chi connectivity index (χ2v) is 3.04. The highest BCUT2D eigenvalue weighted by Crippen LogP contribution is 2.16. The monoisotopic (exact) mass is 210 g/mol. The van der Waals surface area contributed by atoms with E-state index in [1.807, 2.05) is 0 Å². The van der Waals surface area contributed by atoms with Crippen LogP contribution in [0.3, 0.4) is 0 Å².